The number of fused-ring (bicyclic) bond motifs is 42. The molecule has 1 atom stereocenters. The molecule has 0 N–H and O–H groups in total. The number of anilines is 6. The van der Waals surface area contributed by atoms with E-state index in [1.54, 1.807) is 0 Å². The van der Waals surface area contributed by atoms with E-state index in [4.69, 9.17) is 4.42 Å². The molecular formula is C124H72N2OS5. The molecule has 22 aromatic rings. The topological polar surface area (TPSA) is 19.6 Å². The highest BCUT2D eigenvalue weighted by Gasteiger charge is 2.57. The molecule has 0 saturated heterocycles. The van der Waals surface area contributed by atoms with E-state index in [9.17, 15) is 0 Å². The third kappa shape index (κ3) is 9.47. The Kier molecular flexibility index (Phi) is 15.5. The number of rotatable bonds is 7. The molecule has 20 aromatic carbocycles. The molecule has 0 saturated carbocycles. The summed E-state index contributed by atoms with van der Waals surface area (Å²) in [6.45, 7) is 0. The second kappa shape index (κ2) is 27.5. The standard InChI is InChI=1S/C124H72N2OS5/c1-7-40-84-76(32-1)83-72-74(68-69-88(83)121(84)89-44-11-20-61-108(89)128-109-62-21-12-45-90(109)121)125(100-55-29-51-96-115(100)79-34-2-8-41-85(79)122(96)91-46-13-22-63-110(91)129-111-64-23-14-47-92(111)122)104-70-73(71-106-118(104)82-37-5-18-59-105(82)127-106)75-38-27-54-99-119(75)132-114-67-26-17-50-95(114)124(99)87-43-10-4-36-81(87)117-98(124)53-31-57-102(117)126(103-58-28-39-78-77-33-6-19-60-107(77)131-120(78)103)101-56-30-52-97-116(101)80-35-3-9-42-86(80)123(97)93-48-15-24-65-112(93)130-113-66-25-16-49-94(113)123/h1-72H. The predicted octanol–water partition coefficient (Wildman–Crippen LogP) is 33.9. The third-order valence-corrected chi connectivity index (χ3v) is 36.0. The minimum absolute atomic E-state index is 0.592. The summed E-state index contributed by atoms with van der Waals surface area (Å²) in [6.07, 6.45) is 0. The van der Waals surface area contributed by atoms with Crippen molar-refractivity contribution in [2.75, 3.05) is 9.80 Å². The monoisotopic (exact) mass is 1760 g/mol. The maximum absolute atomic E-state index is 7.56. The summed E-state index contributed by atoms with van der Waals surface area (Å²) in [5.74, 6) is 0. The van der Waals surface area contributed by atoms with Crippen LogP contribution in [-0.2, 0) is 21.7 Å². The SMILES string of the molecule is c1ccc2c(c1)Sc1ccccc1C21c2ccccc2-c2cc(N(c3cccc4c3-c3ccccc3C43c4ccccc4Sc4ccccc43)c3cc(-c4cccc5c4Sc4ccccc4C54c5ccccc5-c5c(N(c6cccc7c6-c6ccccc6C76c7ccccc7Sc7ccccc76)c6cccc7c6sc6ccccc67)cccc54)cc4oc5ccccc5c34)ccc21. The largest absolute Gasteiger partial charge is 0.456 e. The van der Waals surface area contributed by atoms with Gasteiger partial charge in [-0.25, -0.2) is 0 Å². The summed E-state index contributed by atoms with van der Waals surface area (Å²) in [5.41, 5.74) is 38.0. The molecule has 8 heteroatoms. The van der Waals surface area contributed by atoms with E-state index in [-0.39, 0.29) is 0 Å². The highest BCUT2D eigenvalue weighted by molar-refractivity contribution is 8.00. The lowest BCUT2D eigenvalue weighted by Gasteiger charge is -2.40. The number of hydrogen-bond acceptors (Lipinski definition) is 8. The van der Waals surface area contributed by atoms with Gasteiger partial charge in [-0.05, 0) is 231 Å². The van der Waals surface area contributed by atoms with Crippen molar-refractivity contribution >= 4 is 135 Å². The van der Waals surface area contributed by atoms with Crippen LogP contribution in [0.1, 0.15) is 89.0 Å². The number of thiophene rings is 1. The molecule has 0 radical (unpaired) electrons. The van der Waals surface area contributed by atoms with Gasteiger partial charge in [0.1, 0.15) is 11.2 Å². The number of hydrogen-bond donors (Lipinski definition) is 0. The molecule has 0 bridgehead atoms. The molecule has 0 amide bonds. The summed E-state index contributed by atoms with van der Waals surface area (Å²) in [7, 11) is 0. The van der Waals surface area contributed by atoms with Gasteiger partial charge in [-0.15, -0.1) is 11.3 Å². The van der Waals surface area contributed by atoms with Crippen molar-refractivity contribution in [2.45, 2.75) is 60.8 Å². The molecule has 4 spiro atoms. The summed E-state index contributed by atoms with van der Waals surface area (Å²) >= 11 is 9.47. The molecule has 30 rings (SSSR count). The average Bonchev–Trinajstić information content (AvgIpc) is 1.51. The second-order valence-corrected chi connectivity index (χ2v) is 41.3. The number of para-hydroxylation sites is 1. The van der Waals surface area contributed by atoms with Crippen LogP contribution >= 0.6 is 58.4 Å². The zero-order valence-electron chi connectivity index (χ0n) is 70.9. The lowest BCUT2D eigenvalue weighted by molar-refractivity contribution is 0.669. The zero-order chi connectivity index (χ0) is 86.0. The highest BCUT2D eigenvalue weighted by atomic mass is 32.2. The fourth-order valence-electron chi connectivity index (χ4n) is 25.4. The number of benzene rings is 20. The lowest BCUT2D eigenvalue weighted by Crippen LogP contribution is -2.32. The first-order valence-corrected chi connectivity index (χ1v) is 49.5. The first kappa shape index (κ1) is 74.2. The predicted molar refractivity (Wildman–Crippen MR) is 547 cm³/mol. The maximum atomic E-state index is 7.56. The summed E-state index contributed by atoms with van der Waals surface area (Å²) < 4.78 is 10.1. The minimum Gasteiger partial charge on any atom is -0.456 e. The Hall–Kier alpha value is -14.6. The van der Waals surface area contributed by atoms with Gasteiger partial charge in [0.05, 0.1) is 60.2 Å². The Labute approximate surface area is 784 Å². The molecule has 1 unspecified atom stereocenters. The Bertz CT molecular complexity index is 8760. The van der Waals surface area contributed by atoms with Crippen molar-refractivity contribution < 1.29 is 4.42 Å². The van der Waals surface area contributed by atoms with Crippen molar-refractivity contribution in [3.63, 3.8) is 0 Å². The summed E-state index contributed by atoms with van der Waals surface area (Å²) in [6, 6.07) is 168. The van der Waals surface area contributed by atoms with Gasteiger partial charge in [-0.2, -0.15) is 0 Å². The molecule has 8 aliphatic rings. The van der Waals surface area contributed by atoms with Gasteiger partial charge in [-0.3, -0.25) is 0 Å². The molecule has 6 heterocycles. The van der Waals surface area contributed by atoms with E-state index in [0.29, 0.717) is 0 Å². The quantitative estimate of drug-likeness (QED) is 0.156. The average molecular weight is 1770 g/mol. The van der Waals surface area contributed by atoms with Crippen molar-refractivity contribution in [3.05, 3.63) is 526 Å². The van der Waals surface area contributed by atoms with Crippen molar-refractivity contribution in [2.24, 2.45) is 0 Å². The summed E-state index contributed by atoms with van der Waals surface area (Å²) in [5, 5.41) is 4.60. The first-order valence-electron chi connectivity index (χ1n) is 45.4. The fraction of sp³-hybridized carbons (Fsp3) is 0.0323. The van der Waals surface area contributed by atoms with Crippen molar-refractivity contribution in [3.8, 4) is 55.6 Å². The molecule has 4 aliphatic carbocycles. The van der Waals surface area contributed by atoms with Gasteiger partial charge < -0.3 is 14.2 Å². The smallest absolute Gasteiger partial charge is 0.138 e. The van der Waals surface area contributed by atoms with Gasteiger partial charge in [-0.1, -0.05) is 381 Å². The van der Waals surface area contributed by atoms with Crippen LogP contribution in [0, 0.1) is 0 Å². The van der Waals surface area contributed by atoms with Gasteiger partial charge >= 0.3 is 0 Å². The fourth-order valence-corrected chi connectivity index (χ4v) is 31.5. The number of nitrogens with zero attached hydrogens (tertiary/aromatic N) is 2. The Morgan fingerprint density at radius 2 is 0.545 bits per heavy atom. The van der Waals surface area contributed by atoms with Crippen molar-refractivity contribution in [1.29, 1.82) is 0 Å². The molecule has 614 valence electrons. The Balaban J connectivity index is 0.677. The zero-order valence-corrected chi connectivity index (χ0v) is 75.0. The first-order chi connectivity index (χ1) is 65.5. The van der Waals surface area contributed by atoms with E-state index < -0.39 is 21.7 Å². The van der Waals surface area contributed by atoms with Crippen LogP contribution in [0.5, 0.6) is 0 Å². The highest BCUT2D eigenvalue weighted by Crippen LogP contribution is 2.72. The summed E-state index contributed by atoms with van der Waals surface area (Å²) in [4.78, 5) is 15.4. The van der Waals surface area contributed by atoms with Crippen LogP contribution in [0.25, 0.3) is 97.7 Å². The van der Waals surface area contributed by atoms with Crippen LogP contribution in [0.4, 0.5) is 34.1 Å². The molecular weight excluding hydrogens is 1690 g/mol. The van der Waals surface area contributed by atoms with Gasteiger partial charge in [0.15, 0.2) is 0 Å². The second-order valence-electron chi connectivity index (χ2n) is 36.0. The minimum atomic E-state index is -0.829. The molecule has 4 aliphatic heterocycles. The van der Waals surface area contributed by atoms with Gasteiger partial charge in [0.2, 0.25) is 0 Å². The van der Waals surface area contributed by atoms with Crippen LogP contribution in [0.15, 0.2) is 480 Å². The molecule has 3 nitrogen and oxygen atoms in total. The van der Waals surface area contributed by atoms with E-state index in [1.807, 2.05) is 58.4 Å². The van der Waals surface area contributed by atoms with Gasteiger partial charge in [0, 0.05) is 82.4 Å². The van der Waals surface area contributed by atoms with Crippen LogP contribution in [0.3, 0.4) is 0 Å². The Morgan fingerprint density at radius 3 is 1.05 bits per heavy atom. The van der Waals surface area contributed by atoms with Crippen LogP contribution in [-0.4, -0.2) is 0 Å². The maximum Gasteiger partial charge on any atom is 0.138 e. The van der Waals surface area contributed by atoms with E-state index >= 15 is 0 Å². The third-order valence-electron chi connectivity index (χ3n) is 30.1. The number of furan rings is 1. The molecule has 132 heavy (non-hydrogen) atoms. The van der Waals surface area contributed by atoms with Crippen molar-refractivity contribution in [1.82, 2.24) is 0 Å². The molecule has 0 fully saturated rings. The van der Waals surface area contributed by atoms with E-state index in [2.05, 4.69) is 447 Å². The van der Waals surface area contributed by atoms with E-state index in [1.165, 1.54) is 193 Å². The van der Waals surface area contributed by atoms with Crippen LogP contribution in [0.2, 0.25) is 0 Å². The normalized spacial score (nSPS) is 15.7. The lowest BCUT2D eigenvalue weighted by atomic mass is 9.67. The Morgan fingerprint density at radius 1 is 0.205 bits per heavy atom. The van der Waals surface area contributed by atoms with Crippen LogP contribution < -0.4 is 9.80 Å². The van der Waals surface area contributed by atoms with Gasteiger partial charge in [0.25, 0.3) is 0 Å². The molecule has 2 aromatic heterocycles. The van der Waals surface area contributed by atoms with E-state index in [0.717, 1.165) is 67.2 Å².